The topological polar surface area (TPSA) is 31.5 Å². The van der Waals surface area contributed by atoms with Crippen molar-refractivity contribution in [2.75, 3.05) is 0 Å². The van der Waals surface area contributed by atoms with E-state index in [0.717, 1.165) is 0 Å². The van der Waals surface area contributed by atoms with Gasteiger partial charge in [0.2, 0.25) is 0 Å². The van der Waals surface area contributed by atoms with Crippen molar-refractivity contribution in [2.45, 2.75) is 0 Å². The van der Waals surface area contributed by atoms with Gasteiger partial charge in [0, 0.05) is 0 Å². The van der Waals surface area contributed by atoms with Crippen molar-refractivity contribution < 1.29 is 13.9 Å². The first-order chi connectivity index (χ1) is 1.41. The first-order valence-corrected chi connectivity index (χ1v) is 1.13. The Morgan fingerprint density at radius 1 is 1.25 bits per heavy atom. The van der Waals surface area contributed by atoms with E-state index >= 15 is 0 Å². The van der Waals surface area contributed by atoms with Crippen LogP contribution in [0.1, 0.15) is 0 Å². The summed E-state index contributed by atoms with van der Waals surface area (Å²) in [7, 11) is -1.92. The smallest absolute Gasteiger partial charge is 0.253 e. The lowest BCUT2D eigenvalue weighted by Crippen LogP contribution is -0.790. The summed E-state index contributed by atoms with van der Waals surface area (Å²) >= 11 is 0. The molecular formula is H3F2OP. The largest absolute Gasteiger partial charge is 0.412 e. The fraction of sp³-hybridized carbons (Fsp3) is 0. The quantitative estimate of drug-likeness (QED) is 0.388. The van der Waals surface area contributed by atoms with Crippen molar-refractivity contribution in [3.63, 3.8) is 0 Å². The Kier molecular flexibility index (Phi) is 23.3. The van der Waals surface area contributed by atoms with Crippen LogP contribution in [-0.4, -0.2) is 5.48 Å². The number of hydrogen-bond donors (Lipinski definition) is 0. The van der Waals surface area contributed by atoms with Crippen LogP contribution >= 0.6 is 9.20 Å². The summed E-state index contributed by atoms with van der Waals surface area (Å²) in [5, 5.41) is 0. The zero-order chi connectivity index (χ0) is 2.71. The summed E-state index contributed by atoms with van der Waals surface area (Å²) in [6, 6.07) is 0. The molecule has 0 heterocycles. The molecule has 0 aromatic rings. The molecule has 0 saturated carbocycles. The van der Waals surface area contributed by atoms with E-state index in [4.69, 9.17) is 0 Å². The second-order valence-electron chi connectivity index (χ2n) is 0.0714. The van der Waals surface area contributed by atoms with Crippen molar-refractivity contribution in [2.24, 2.45) is 0 Å². The van der Waals surface area contributed by atoms with Crippen LogP contribution in [0.3, 0.4) is 0 Å². The van der Waals surface area contributed by atoms with Gasteiger partial charge in [-0.3, -0.25) is 0 Å². The van der Waals surface area contributed by atoms with Gasteiger partial charge < -0.3 is 5.48 Å². The van der Waals surface area contributed by atoms with Crippen LogP contribution in [0.25, 0.3) is 0 Å². The van der Waals surface area contributed by atoms with Crippen molar-refractivity contribution in [1.82, 2.24) is 0 Å². The lowest BCUT2D eigenvalue weighted by Gasteiger charge is -1.40. The van der Waals surface area contributed by atoms with Gasteiger partial charge in [-0.05, 0) is 0 Å². The Labute approximate surface area is 24.3 Å². The van der Waals surface area contributed by atoms with E-state index in [1.807, 2.05) is 0 Å². The van der Waals surface area contributed by atoms with E-state index in [1.165, 1.54) is 0 Å². The molecule has 28 valence electrons. The maximum absolute atomic E-state index is 9.65. The monoisotopic (exact) mass is 88.0 g/mol. The fourth-order valence-corrected chi connectivity index (χ4v) is 0. The Bertz CT molecular complexity index is 6.00. The fourth-order valence-electron chi connectivity index (χ4n) is 0. The molecule has 1 nitrogen and oxygen atoms in total. The first kappa shape index (κ1) is 8.87. The van der Waals surface area contributed by atoms with Crippen LogP contribution < -0.4 is 0 Å². The first-order valence-electron chi connectivity index (χ1n) is 0.378. The summed E-state index contributed by atoms with van der Waals surface area (Å²) in [5.41, 5.74) is 0. The molecule has 0 aromatic carbocycles. The van der Waals surface area contributed by atoms with Crippen LogP contribution in [0, 0.1) is 0 Å². The molecule has 4 heteroatoms. The van der Waals surface area contributed by atoms with Crippen LogP contribution in [0.4, 0.5) is 8.39 Å². The van der Waals surface area contributed by atoms with E-state index in [0.29, 0.717) is 0 Å². The number of halogens is 2. The average molecular weight is 88.0 g/mol. The summed E-state index contributed by atoms with van der Waals surface area (Å²) in [4.78, 5) is 0. The van der Waals surface area contributed by atoms with Gasteiger partial charge in [-0.1, -0.05) is 0 Å². The van der Waals surface area contributed by atoms with Gasteiger partial charge in [-0.15, -0.1) is 0 Å². The summed E-state index contributed by atoms with van der Waals surface area (Å²) < 4.78 is 19.3. The molecule has 0 radical (unpaired) electrons. The molecule has 4 heavy (non-hydrogen) atoms. The highest BCUT2D eigenvalue weighted by Gasteiger charge is 1.46. The van der Waals surface area contributed by atoms with Crippen molar-refractivity contribution >= 4 is 9.20 Å². The average Bonchev–Trinajstić information content (AvgIpc) is 0.918. The van der Waals surface area contributed by atoms with Crippen LogP contribution in [0.5, 0.6) is 0 Å². The molecule has 0 rings (SSSR count). The number of rotatable bonds is 0. The van der Waals surface area contributed by atoms with Gasteiger partial charge in [0.1, 0.15) is 0 Å². The molecule has 2 N–H and O–H groups in total. The molecule has 0 spiro atoms. The van der Waals surface area contributed by atoms with E-state index in [2.05, 4.69) is 0 Å². The highest BCUT2D eigenvalue weighted by molar-refractivity contribution is 7.25. The maximum atomic E-state index is 9.65. The minimum atomic E-state index is -1.92. The van der Waals surface area contributed by atoms with Gasteiger partial charge in [0.25, 0.3) is 9.20 Å². The molecule has 0 atom stereocenters. The molecule has 0 aliphatic heterocycles. The summed E-state index contributed by atoms with van der Waals surface area (Å²) in [5.74, 6) is 0. The van der Waals surface area contributed by atoms with Gasteiger partial charge in [0.15, 0.2) is 0 Å². The predicted molar refractivity (Wildman–Crippen MR) is 14.1 cm³/mol. The molecule has 0 fully saturated rings. The highest BCUT2D eigenvalue weighted by Crippen LogP contribution is 2.07. The minimum absolute atomic E-state index is 0. The molecule has 0 aliphatic carbocycles. The van der Waals surface area contributed by atoms with E-state index in [-0.39, 0.29) is 5.48 Å². The SMILES string of the molecule is FPF.O. The normalized spacial score (nSPS) is 4.50. The Morgan fingerprint density at radius 3 is 1.25 bits per heavy atom. The standard InChI is InChI=1S/F2HP.H2O/c1-3-2;/h3H;1H2. The van der Waals surface area contributed by atoms with Gasteiger partial charge in [-0.2, -0.15) is 8.39 Å². The maximum Gasteiger partial charge on any atom is 0.253 e. The summed E-state index contributed by atoms with van der Waals surface area (Å²) in [6.45, 7) is 0. The van der Waals surface area contributed by atoms with E-state index in [9.17, 15) is 8.39 Å². The predicted octanol–water partition coefficient (Wildman–Crippen LogP) is 0.609. The van der Waals surface area contributed by atoms with E-state index in [1.54, 1.807) is 0 Å². The third-order valence-electron chi connectivity index (χ3n) is 0. The van der Waals surface area contributed by atoms with Gasteiger partial charge in [0.05, 0.1) is 0 Å². The molecule has 0 amide bonds. The van der Waals surface area contributed by atoms with Crippen molar-refractivity contribution in [3.8, 4) is 0 Å². The molecule has 0 saturated heterocycles. The Hall–Kier alpha value is 0.250. The molecule has 0 aromatic heterocycles. The zero-order valence-electron chi connectivity index (χ0n) is 1.76. The van der Waals surface area contributed by atoms with Gasteiger partial charge in [-0.25, -0.2) is 0 Å². The molecular weight excluding hydrogens is 85.0 g/mol. The minimum Gasteiger partial charge on any atom is -0.412 e. The van der Waals surface area contributed by atoms with Gasteiger partial charge >= 0.3 is 0 Å². The third kappa shape index (κ3) is 56.3. The zero-order valence-corrected chi connectivity index (χ0v) is 2.76. The lowest BCUT2D eigenvalue weighted by atomic mass is 16.0. The van der Waals surface area contributed by atoms with Crippen LogP contribution in [0.15, 0.2) is 0 Å². The third-order valence-corrected chi connectivity index (χ3v) is 0. The number of hydrogen-bond acceptors (Lipinski definition) is 0. The Balaban J connectivity index is 0. The van der Waals surface area contributed by atoms with Crippen LogP contribution in [0.2, 0.25) is 0 Å². The second kappa shape index (κ2) is 10.5. The highest BCUT2D eigenvalue weighted by atomic mass is 31.1. The molecule has 0 unspecified atom stereocenters. The van der Waals surface area contributed by atoms with Crippen LogP contribution in [-0.2, 0) is 0 Å². The molecule has 0 bridgehead atoms. The van der Waals surface area contributed by atoms with Crippen molar-refractivity contribution in [3.05, 3.63) is 0 Å². The second-order valence-corrected chi connectivity index (χ2v) is 0.214. The molecule has 0 aliphatic rings. The lowest BCUT2D eigenvalue weighted by molar-refractivity contribution is 0.783. The van der Waals surface area contributed by atoms with E-state index < -0.39 is 9.20 Å². The Morgan fingerprint density at radius 2 is 1.25 bits per heavy atom. The van der Waals surface area contributed by atoms with Crippen molar-refractivity contribution in [1.29, 1.82) is 0 Å². The summed E-state index contributed by atoms with van der Waals surface area (Å²) in [6.07, 6.45) is 0.